The first-order valence-corrected chi connectivity index (χ1v) is 10.5. The second-order valence-corrected chi connectivity index (χ2v) is 7.51. The van der Waals surface area contributed by atoms with Crippen LogP contribution in [0.15, 0.2) is 67.0 Å². The fraction of sp³-hybridized carbons (Fsp3) is 0.217. The summed E-state index contributed by atoms with van der Waals surface area (Å²) in [6, 6.07) is 15.5. The van der Waals surface area contributed by atoms with E-state index in [2.05, 4.69) is 20.9 Å². The number of hydrogen-bond acceptors (Lipinski definition) is 5. The van der Waals surface area contributed by atoms with Crippen LogP contribution < -0.4 is 25.4 Å². The lowest BCUT2D eigenvalue weighted by Crippen LogP contribution is -2.34. The van der Waals surface area contributed by atoms with Crippen molar-refractivity contribution >= 4 is 29.0 Å². The molecule has 0 unspecified atom stereocenters. The summed E-state index contributed by atoms with van der Waals surface area (Å²) >= 11 is 6.35. The van der Waals surface area contributed by atoms with Gasteiger partial charge in [0.25, 0.3) is 0 Å². The number of benzene rings is 2. The van der Waals surface area contributed by atoms with Crippen molar-refractivity contribution in [1.82, 2.24) is 10.3 Å². The molecule has 4 rings (SSSR count). The van der Waals surface area contributed by atoms with Crippen LogP contribution in [0, 0.1) is 0 Å². The Morgan fingerprint density at radius 3 is 2.29 bits per heavy atom. The van der Waals surface area contributed by atoms with Gasteiger partial charge in [-0.1, -0.05) is 11.6 Å². The number of hydrogen-bond donors (Lipinski definition) is 3. The molecular weight excluding hydrogens is 416 g/mol. The number of pyridine rings is 1. The van der Waals surface area contributed by atoms with E-state index < -0.39 is 0 Å². The van der Waals surface area contributed by atoms with Crippen molar-refractivity contribution in [3.05, 3.63) is 72.0 Å². The lowest BCUT2D eigenvalue weighted by molar-refractivity contribution is 0.162. The van der Waals surface area contributed by atoms with Gasteiger partial charge in [0, 0.05) is 23.8 Å². The number of ether oxygens (including phenoxy) is 2. The molecule has 3 N–H and O–H groups in total. The van der Waals surface area contributed by atoms with Gasteiger partial charge in [0.15, 0.2) is 0 Å². The number of rotatable bonds is 6. The highest BCUT2D eigenvalue weighted by Crippen LogP contribution is 2.30. The SMILES string of the molecule is O=C(Nc1ccc(Oc2ccncc2)cc1)Nc1ccc(OC2CCNCC2)c(Cl)c1. The van der Waals surface area contributed by atoms with Gasteiger partial charge in [-0.15, -0.1) is 0 Å². The highest BCUT2D eigenvalue weighted by atomic mass is 35.5. The number of carbonyl (C=O) groups is 1. The van der Waals surface area contributed by atoms with Crippen LogP contribution in [0.1, 0.15) is 12.8 Å². The Labute approximate surface area is 185 Å². The van der Waals surface area contributed by atoms with Crippen molar-refractivity contribution in [2.45, 2.75) is 18.9 Å². The number of amides is 2. The highest BCUT2D eigenvalue weighted by molar-refractivity contribution is 6.32. The molecule has 1 fully saturated rings. The van der Waals surface area contributed by atoms with E-state index >= 15 is 0 Å². The van der Waals surface area contributed by atoms with Crippen molar-refractivity contribution in [2.75, 3.05) is 23.7 Å². The quantitative estimate of drug-likeness (QED) is 0.486. The summed E-state index contributed by atoms with van der Waals surface area (Å²) in [7, 11) is 0. The fourth-order valence-corrected chi connectivity index (χ4v) is 3.43. The molecule has 31 heavy (non-hydrogen) atoms. The van der Waals surface area contributed by atoms with Crippen LogP contribution >= 0.6 is 11.6 Å². The molecule has 160 valence electrons. The van der Waals surface area contributed by atoms with E-state index in [1.807, 2.05) is 0 Å². The summed E-state index contributed by atoms with van der Waals surface area (Å²) < 4.78 is 11.7. The maximum atomic E-state index is 12.3. The molecule has 0 spiro atoms. The van der Waals surface area contributed by atoms with E-state index in [-0.39, 0.29) is 12.1 Å². The van der Waals surface area contributed by atoms with Gasteiger partial charge in [-0.05, 0) is 80.5 Å². The van der Waals surface area contributed by atoms with E-state index in [4.69, 9.17) is 21.1 Å². The van der Waals surface area contributed by atoms with E-state index in [0.717, 1.165) is 25.9 Å². The molecule has 3 aromatic rings. The van der Waals surface area contributed by atoms with Gasteiger partial charge in [-0.3, -0.25) is 4.98 Å². The Balaban J connectivity index is 1.30. The average molecular weight is 439 g/mol. The zero-order valence-electron chi connectivity index (χ0n) is 16.8. The molecule has 1 aromatic heterocycles. The maximum absolute atomic E-state index is 12.3. The van der Waals surface area contributed by atoms with Crippen LogP contribution in [-0.4, -0.2) is 30.2 Å². The second kappa shape index (κ2) is 10.1. The summed E-state index contributed by atoms with van der Waals surface area (Å²) in [5.41, 5.74) is 1.22. The third-order valence-electron chi connectivity index (χ3n) is 4.77. The molecule has 0 saturated carbocycles. The van der Waals surface area contributed by atoms with Gasteiger partial charge in [-0.25, -0.2) is 4.79 Å². The number of anilines is 2. The molecule has 1 aliphatic heterocycles. The lowest BCUT2D eigenvalue weighted by Gasteiger charge is -2.24. The van der Waals surface area contributed by atoms with Crippen LogP contribution in [0.25, 0.3) is 0 Å². The monoisotopic (exact) mass is 438 g/mol. The van der Waals surface area contributed by atoms with Gasteiger partial charge in [0.2, 0.25) is 0 Å². The number of carbonyl (C=O) groups excluding carboxylic acids is 1. The molecule has 1 aliphatic rings. The molecule has 0 bridgehead atoms. The van der Waals surface area contributed by atoms with Gasteiger partial charge in [0.05, 0.1) is 5.02 Å². The second-order valence-electron chi connectivity index (χ2n) is 7.10. The molecule has 0 aliphatic carbocycles. The number of nitrogens with zero attached hydrogens (tertiary/aromatic N) is 1. The number of piperidine rings is 1. The molecule has 0 radical (unpaired) electrons. The summed E-state index contributed by atoms with van der Waals surface area (Å²) in [6.07, 6.45) is 5.38. The minimum Gasteiger partial charge on any atom is -0.489 e. The standard InChI is InChI=1S/C23H23ClN4O3/c24-21-15-17(3-6-22(21)31-20-9-13-26-14-10-20)28-23(29)27-16-1-4-18(5-2-16)30-19-7-11-25-12-8-19/h1-8,11-12,15,20,26H,9-10,13-14H2,(H2,27,28,29). The van der Waals surface area contributed by atoms with E-state index in [0.29, 0.717) is 33.6 Å². The van der Waals surface area contributed by atoms with Gasteiger partial charge >= 0.3 is 6.03 Å². The van der Waals surface area contributed by atoms with Crippen molar-refractivity contribution in [3.8, 4) is 17.2 Å². The average Bonchev–Trinajstić information content (AvgIpc) is 2.78. The van der Waals surface area contributed by atoms with Crippen LogP contribution in [0.3, 0.4) is 0 Å². The van der Waals surface area contributed by atoms with Crippen LogP contribution in [-0.2, 0) is 0 Å². The van der Waals surface area contributed by atoms with E-state index in [1.165, 1.54) is 0 Å². The minimum atomic E-state index is -0.370. The summed E-state index contributed by atoms with van der Waals surface area (Å²) in [4.78, 5) is 16.3. The predicted octanol–water partition coefficient (Wildman–Crippen LogP) is 5.30. The highest BCUT2D eigenvalue weighted by Gasteiger charge is 2.16. The maximum Gasteiger partial charge on any atom is 0.323 e. The zero-order chi connectivity index (χ0) is 21.5. The summed E-state index contributed by atoms with van der Waals surface area (Å²) in [5, 5.41) is 9.33. The van der Waals surface area contributed by atoms with Gasteiger partial charge in [-0.2, -0.15) is 0 Å². The Kier molecular flexibility index (Phi) is 6.86. The third-order valence-corrected chi connectivity index (χ3v) is 5.06. The predicted molar refractivity (Wildman–Crippen MR) is 121 cm³/mol. The van der Waals surface area contributed by atoms with Crippen molar-refractivity contribution in [2.24, 2.45) is 0 Å². The van der Waals surface area contributed by atoms with E-state index in [1.54, 1.807) is 67.0 Å². The molecule has 2 amide bonds. The van der Waals surface area contributed by atoms with Crippen molar-refractivity contribution in [1.29, 1.82) is 0 Å². The van der Waals surface area contributed by atoms with Crippen molar-refractivity contribution < 1.29 is 14.3 Å². The van der Waals surface area contributed by atoms with Crippen LogP contribution in [0.5, 0.6) is 17.2 Å². The molecule has 2 aromatic carbocycles. The minimum absolute atomic E-state index is 0.159. The summed E-state index contributed by atoms with van der Waals surface area (Å²) in [5.74, 6) is 1.98. The summed E-state index contributed by atoms with van der Waals surface area (Å²) in [6.45, 7) is 1.89. The Bertz CT molecular complexity index is 1010. The first-order chi connectivity index (χ1) is 15.2. The lowest BCUT2D eigenvalue weighted by atomic mass is 10.1. The zero-order valence-corrected chi connectivity index (χ0v) is 17.6. The first-order valence-electron chi connectivity index (χ1n) is 10.1. The van der Waals surface area contributed by atoms with Crippen molar-refractivity contribution in [3.63, 3.8) is 0 Å². The Hall–Kier alpha value is -3.29. The Morgan fingerprint density at radius 2 is 1.58 bits per heavy atom. The van der Waals surface area contributed by atoms with E-state index in [9.17, 15) is 4.79 Å². The topological polar surface area (TPSA) is 84.5 Å². The largest absolute Gasteiger partial charge is 0.489 e. The molecular formula is C23H23ClN4O3. The number of nitrogens with one attached hydrogen (secondary N) is 3. The van der Waals surface area contributed by atoms with Gasteiger partial charge in [0.1, 0.15) is 23.4 Å². The third kappa shape index (κ3) is 6.10. The number of halogens is 1. The molecule has 8 heteroatoms. The van der Waals surface area contributed by atoms with Crippen LogP contribution in [0.2, 0.25) is 5.02 Å². The molecule has 7 nitrogen and oxygen atoms in total. The Morgan fingerprint density at radius 1 is 0.935 bits per heavy atom. The van der Waals surface area contributed by atoms with Gasteiger partial charge < -0.3 is 25.4 Å². The fourth-order valence-electron chi connectivity index (χ4n) is 3.21. The van der Waals surface area contributed by atoms with Crippen LogP contribution in [0.4, 0.5) is 16.2 Å². The number of aromatic nitrogens is 1. The molecule has 0 atom stereocenters. The molecule has 2 heterocycles. The number of urea groups is 1. The normalized spacial score (nSPS) is 14.0. The molecule has 1 saturated heterocycles. The first kappa shape index (κ1) is 21.0. The smallest absolute Gasteiger partial charge is 0.323 e.